The first-order valence-corrected chi connectivity index (χ1v) is 9.44. The van der Waals surface area contributed by atoms with Gasteiger partial charge < -0.3 is 16.4 Å². The molecule has 0 radical (unpaired) electrons. The zero-order valence-corrected chi connectivity index (χ0v) is 15.8. The minimum atomic E-state index is -0.0335. The number of anilines is 3. The summed E-state index contributed by atoms with van der Waals surface area (Å²) >= 11 is 0. The fourth-order valence-electron chi connectivity index (χ4n) is 3.00. The van der Waals surface area contributed by atoms with E-state index in [1.165, 1.54) is 12.8 Å². The maximum Gasteiger partial charge on any atom is 0.251 e. The van der Waals surface area contributed by atoms with E-state index in [0.717, 1.165) is 34.7 Å². The van der Waals surface area contributed by atoms with Crippen LogP contribution in [0.1, 0.15) is 28.8 Å². The van der Waals surface area contributed by atoms with Gasteiger partial charge in [0, 0.05) is 35.2 Å². The van der Waals surface area contributed by atoms with Crippen molar-refractivity contribution in [3.63, 3.8) is 0 Å². The molecule has 1 aliphatic rings. The molecule has 3 aromatic rings. The van der Waals surface area contributed by atoms with E-state index in [2.05, 4.69) is 20.6 Å². The second kappa shape index (κ2) is 7.68. The second-order valence-corrected chi connectivity index (χ2v) is 7.14. The lowest BCUT2D eigenvalue weighted by Crippen LogP contribution is -2.25. The van der Waals surface area contributed by atoms with Gasteiger partial charge in [0.1, 0.15) is 0 Å². The predicted octanol–water partition coefficient (Wildman–Crippen LogP) is 3.92. The first-order chi connectivity index (χ1) is 13.6. The van der Waals surface area contributed by atoms with Gasteiger partial charge in [-0.2, -0.15) is 0 Å². The number of aromatic nitrogens is 2. The predicted molar refractivity (Wildman–Crippen MR) is 111 cm³/mol. The standard InChI is InChI=1S/C22H23N5O/c1-14-18(3-2-4-19(14)23)20-11-12-24-22(27-20)26-17-9-7-16(8-10-17)21(28)25-13-15-5-6-15/h2-4,7-12,15H,5-6,13,23H2,1H3,(H,25,28)(H,24,26,27). The van der Waals surface area contributed by atoms with Crippen molar-refractivity contribution in [2.75, 3.05) is 17.6 Å². The second-order valence-electron chi connectivity index (χ2n) is 7.14. The monoisotopic (exact) mass is 373 g/mol. The maximum absolute atomic E-state index is 12.1. The first kappa shape index (κ1) is 18.0. The van der Waals surface area contributed by atoms with Crippen LogP contribution in [0.4, 0.5) is 17.3 Å². The van der Waals surface area contributed by atoms with Crippen LogP contribution in [0.15, 0.2) is 54.7 Å². The van der Waals surface area contributed by atoms with Crippen molar-refractivity contribution in [2.24, 2.45) is 5.92 Å². The number of hydrogen-bond acceptors (Lipinski definition) is 5. The zero-order valence-electron chi connectivity index (χ0n) is 15.8. The fourth-order valence-corrected chi connectivity index (χ4v) is 3.00. The van der Waals surface area contributed by atoms with Crippen LogP contribution in [0.25, 0.3) is 11.3 Å². The Labute approximate surface area is 164 Å². The molecule has 28 heavy (non-hydrogen) atoms. The summed E-state index contributed by atoms with van der Waals surface area (Å²) in [6.07, 6.45) is 4.15. The van der Waals surface area contributed by atoms with Crippen molar-refractivity contribution in [1.29, 1.82) is 0 Å². The van der Waals surface area contributed by atoms with Crippen LogP contribution in [-0.2, 0) is 0 Å². The molecule has 1 aliphatic carbocycles. The van der Waals surface area contributed by atoms with Crippen molar-refractivity contribution in [2.45, 2.75) is 19.8 Å². The Hall–Kier alpha value is -3.41. The minimum Gasteiger partial charge on any atom is -0.398 e. The Morgan fingerprint density at radius 1 is 1.14 bits per heavy atom. The molecule has 1 amide bonds. The highest BCUT2D eigenvalue weighted by atomic mass is 16.1. The molecule has 1 saturated carbocycles. The average Bonchev–Trinajstić information content (AvgIpc) is 3.53. The van der Waals surface area contributed by atoms with Gasteiger partial charge in [-0.1, -0.05) is 12.1 Å². The lowest BCUT2D eigenvalue weighted by atomic mass is 10.0. The Morgan fingerprint density at radius 3 is 2.68 bits per heavy atom. The number of nitrogens with zero attached hydrogens (tertiary/aromatic N) is 2. The highest BCUT2D eigenvalue weighted by Gasteiger charge is 2.21. The first-order valence-electron chi connectivity index (χ1n) is 9.44. The molecular formula is C22H23N5O. The van der Waals surface area contributed by atoms with Crippen molar-refractivity contribution < 1.29 is 4.79 Å². The quantitative estimate of drug-likeness (QED) is 0.570. The molecule has 1 fully saturated rings. The van der Waals surface area contributed by atoms with E-state index in [1.807, 2.05) is 43.3 Å². The molecule has 1 heterocycles. The average molecular weight is 373 g/mol. The van der Waals surface area contributed by atoms with Crippen LogP contribution in [0.2, 0.25) is 0 Å². The third kappa shape index (κ3) is 4.11. The van der Waals surface area contributed by atoms with E-state index in [4.69, 9.17) is 5.73 Å². The molecule has 0 bridgehead atoms. The molecule has 0 saturated heterocycles. The number of nitrogens with one attached hydrogen (secondary N) is 2. The van der Waals surface area contributed by atoms with Crippen LogP contribution in [-0.4, -0.2) is 22.4 Å². The van der Waals surface area contributed by atoms with Gasteiger partial charge in [0.15, 0.2) is 0 Å². The van der Waals surface area contributed by atoms with Gasteiger partial charge in [-0.15, -0.1) is 0 Å². The Morgan fingerprint density at radius 2 is 1.93 bits per heavy atom. The largest absolute Gasteiger partial charge is 0.398 e. The molecule has 142 valence electrons. The normalized spacial score (nSPS) is 13.2. The molecule has 6 heteroatoms. The Bertz CT molecular complexity index is 996. The third-order valence-corrected chi connectivity index (χ3v) is 4.96. The zero-order chi connectivity index (χ0) is 19.5. The number of hydrogen-bond donors (Lipinski definition) is 3. The van der Waals surface area contributed by atoms with Crippen molar-refractivity contribution in [3.8, 4) is 11.3 Å². The summed E-state index contributed by atoms with van der Waals surface area (Å²) in [6.45, 7) is 2.75. The summed E-state index contributed by atoms with van der Waals surface area (Å²) in [6, 6.07) is 15.0. The van der Waals surface area contributed by atoms with E-state index in [1.54, 1.807) is 18.3 Å². The molecule has 0 aliphatic heterocycles. The van der Waals surface area contributed by atoms with Gasteiger partial charge in [-0.05, 0) is 67.6 Å². The summed E-state index contributed by atoms with van der Waals surface area (Å²) < 4.78 is 0. The van der Waals surface area contributed by atoms with Crippen molar-refractivity contribution >= 4 is 23.2 Å². The van der Waals surface area contributed by atoms with Gasteiger partial charge in [0.05, 0.1) is 5.69 Å². The molecule has 4 rings (SSSR count). The topological polar surface area (TPSA) is 92.9 Å². The van der Waals surface area contributed by atoms with Crippen LogP contribution >= 0.6 is 0 Å². The third-order valence-electron chi connectivity index (χ3n) is 4.96. The number of carbonyl (C=O) groups excluding carboxylic acids is 1. The summed E-state index contributed by atoms with van der Waals surface area (Å²) in [5.41, 5.74) is 11.0. The van der Waals surface area contributed by atoms with E-state index < -0.39 is 0 Å². The van der Waals surface area contributed by atoms with Crippen molar-refractivity contribution in [1.82, 2.24) is 15.3 Å². The van der Waals surface area contributed by atoms with Crippen molar-refractivity contribution in [3.05, 3.63) is 65.9 Å². The number of carbonyl (C=O) groups is 1. The number of benzene rings is 2. The van der Waals surface area contributed by atoms with E-state index in [0.29, 0.717) is 17.4 Å². The molecule has 0 atom stereocenters. The van der Waals surface area contributed by atoms with Crippen LogP contribution in [0.5, 0.6) is 0 Å². The van der Waals surface area contributed by atoms with E-state index in [-0.39, 0.29) is 5.91 Å². The number of rotatable bonds is 6. The summed E-state index contributed by atoms with van der Waals surface area (Å²) in [5, 5.41) is 6.16. The Kier molecular flexibility index (Phi) is 4.93. The van der Waals surface area contributed by atoms with E-state index in [9.17, 15) is 4.79 Å². The molecular weight excluding hydrogens is 350 g/mol. The fraction of sp³-hybridized carbons (Fsp3) is 0.227. The van der Waals surface area contributed by atoms with Gasteiger partial charge >= 0.3 is 0 Å². The molecule has 4 N–H and O–H groups in total. The van der Waals surface area contributed by atoms with Gasteiger partial charge in [-0.25, -0.2) is 9.97 Å². The van der Waals surface area contributed by atoms with Crippen LogP contribution in [0.3, 0.4) is 0 Å². The summed E-state index contributed by atoms with van der Waals surface area (Å²) in [5.74, 6) is 1.12. The van der Waals surface area contributed by atoms with Crippen LogP contribution in [0, 0.1) is 12.8 Å². The lowest BCUT2D eigenvalue weighted by Gasteiger charge is -2.10. The van der Waals surface area contributed by atoms with Gasteiger partial charge in [-0.3, -0.25) is 4.79 Å². The molecule has 0 unspecified atom stereocenters. The molecule has 0 spiro atoms. The summed E-state index contributed by atoms with van der Waals surface area (Å²) in [4.78, 5) is 21.0. The minimum absolute atomic E-state index is 0.0335. The lowest BCUT2D eigenvalue weighted by molar-refractivity contribution is 0.0952. The highest BCUT2D eigenvalue weighted by molar-refractivity contribution is 5.94. The summed E-state index contributed by atoms with van der Waals surface area (Å²) in [7, 11) is 0. The smallest absolute Gasteiger partial charge is 0.251 e. The molecule has 6 nitrogen and oxygen atoms in total. The Balaban J connectivity index is 1.47. The molecule has 1 aromatic heterocycles. The molecule has 2 aromatic carbocycles. The van der Waals surface area contributed by atoms with Crippen LogP contribution < -0.4 is 16.4 Å². The number of nitrogens with two attached hydrogens (primary N) is 1. The number of nitrogen functional groups attached to an aromatic ring is 1. The SMILES string of the molecule is Cc1c(N)cccc1-c1ccnc(Nc2ccc(C(=O)NCC3CC3)cc2)n1. The maximum atomic E-state index is 12.1. The van der Waals surface area contributed by atoms with E-state index >= 15 is 0 Å². The number of amides is 1. The van der Waals surface area contributed by atoms with Gasteiger partial charge in [0.2, 0.25) is 5.95 Å². The van der Waals surface area contributed by atoms with Gasteiger partial charge in [0.25, 0.3) is 5.91 Å². The highest BCUT2D eigenvalue weighted by Crippen LogP contribution is 2.28.